The first-order valence-corrected chi connectivity index (χ1v) is 11.5. The zero-order valence-electron chi connectivity index (χ0n) is 17.2. The highest BCUT2D eigenvalue weighted by Crippen LogP contribution is 2.47. The third-order valence-electron chi connectivity index (χ3n) is 5.94. The molecular weight excluding hydrogens is 364 g/mol. The number of allylic oxidation sites excluding steroid dienone is 1. The Balaban J connectivity index is 2.11. The molecule has 2 saturated carbocycles. The molecule has 2 rings (SSSR count). The van der Waals surface area contributed by atoms with Crippen LogP contribution in [0.25, 0.3) is 0 Å². The van der Waals surface area contributed by atoms with Gasteiger partial charge in [-0.25, -0.2) is 8.42 Å². The van der Waals surface area contributed by atoms with Gasteiger partial charge in [-0.05, 0) is 51.4 Å². The molecule has 6 nitrogen and oxygen atoms in total. The van der Waals surface area contributed by atoms with Crippen molar-refractivity contribution in [3.63, 3.8) is 0 Å². The van der Waals surface area contributed by atoms with Crippen molar-refractivity contribution < 1.29 is 18.0 Å². The maximum atomic E-state index is 12.9. The van der Waals surface area contributed by atoms with Gasteiger partial charge in [-0.3, -0.25) is 14.3 Å². The molecule has 2 aliphatic rings. The van der Waals surface area contributed by atoms with E-state index in [4.69, 9.17) is 0 Å². The number of rotatable bonds is 10. The number of sulfonamides is 1. The fraction of sp³-hybridized carbons (Fsp3) is 0.800. The summed E-state index contributed by atoms with van der Waals surface area (Å²) in [5.74, 6) is -0.610. The summed E-state index contributed by atoms with van der Waals surface area (Å²) in [7, 11) is -3.73. The van der Waals surface area contributed by atoms with Gasteiger partial charge in [0.25, 0.3) is 5.91 Å². The zero-order valence-corrected chi connectivity index (χ0v) is 18.0. The van der Waals surface area contributed by atoms with Crippen LogP contribution in [0.3, 0.4) is 0 Å². The smallest absolute Gasteiger partial charge is 0.259 e. The van der Waals surface area contributed by atoms with E-state index in [2.05, 4.69) is 23.9 Å². The molecule has 7 heteroatoms. The van der Waals surface area contributed by atoms with Gasteiger partial charge >= 0.3 is 0 Å². The van der Waals surface area contributed by atoms with Crippen molar-refractivity contribution in [1.82, 2.24) is 10.0 Å². The van der Waals surface area contributed by atoms with Crippen LogP contribution in [0.15, 0.2) is 12.2 Å². The second-order valence-corrected chi connectivity index (χ2v) is 11.1. The van der Waals surface area contributed by atoms with Gasteiger partial charge in [0, 0.05) is 11.8 Å². The van der Waals surface area contributed by atoms with Gasteiger partial charge in [-0.1, -0.05) is 39.8 Å². The summed E-state index contributed by atoms with van der Waals surface area (Å²) in [5.41, 5.74) is -1.15. The molecule has 2 amide bonds. The van der Waals surface area contributed by atoms with Crippen LogP contribution in [0.2, 0.25) is 0 Å². The Morgan fingerprint density at radius 3 is 2.37 bits per heavy atom. The second kappa shape index (κ2) is 7.94. The van der Waals surface area contributed by atoms with Crippen LogP contribution in [-0.4, -0.2) is 30.5 Å². The fourth-order valence-corrected chi connectivity index (χ4v) is 4.29. The normalized spacial score (nSPS) is 27.4. The molecule has 0 aromatic rings. The second-order valence-electron chi connectivity index (χ2n) is 8.86. The highest BCUT2D eigenvalue weighted by atomic mass is 32.2. The van der Waals surface area contributed by atoms with Crippen LogP contribution >= 0.6 is 0 Å². The van der Waals surface area contributed by atoms with E-state index in [0.29, 0.717) is 31.6 Å². The van der Waals surface area contributed by atoms with Gasteiger partial charge in [0.15, 0.2) is 0 Å². The topological polar surface area (TPSA) is 92.3 Å². The Bertz CT molecular complexity index is 709. The Morgan fingerprint density at radius 1 is 1.22 bits per heavy atom. The van der Waals surface area contributed by atoms with Gasteiger partial charge in [-0.2, -0.15) is 0 Å². The Kier molecular flexibility index (Phi) is 6.44. The summed E-state index contributed by atoms with van der Waals surface area (Å²) in [4.78, 5) is 25.3. The van der Waals surface area contributed by atoms with Crippen molar-refractivity contribution >= 4 is 21.8 Å². The summed E-state index contributed by atoms with van der Waals surface area (Å²) < 4.78 is 26.3. The minimum atomic E-state index is -3.73. The molecule has 2 N–H and O–H groups in total. The number of carbonyl (C=O) groups is 2. The molecule has 0 saturated heterocycles. The van der Waals surface area contributed by atoms with Crippen molar-refractivity contribution in [2.45, 2.75) is 83.4 Å². The van der Waals surface area contributed by atoms with Crippen molar-refractivity contribution in [3.8, 4) is 0 Å². The molecule has 27 heavy (non-hydrogen) atoms. The highest BCUT2D eigenvalue weighted by molar-refractivity contribution is 7.91. The van der Waals surface area contributed by atoms with Crippen LogP contribution in [-0.2, 0) is 19.6 Å². The number of hydrogen-bond donors (Lipinski definition) is 2. The van der Waals surface area contributed by atoms with E-state index in [1.807, 2.05) is 19.1 Å². The van der Waals surface area contributed by atoms with Crippen LogP contribution in [0.4, 0.5) is 0 Å². The molecular formula is C20H34N2O4S. The van der Waals surface area contributed by atoms with E-state index < -0.39 is 26.2 Å². The summed E-state index contributed by atoms with van der Waals surface area (Å²) in [6.07, 6.45) is 8.15. The van der Waals surface area contributed by atoms with Crippen LogP contribution < -0.4 is 10.0 Å². The quantitative estimate of drug-likeness (QED) is 0.554. The van der Waals surface area contributed by atoms with E-state index in [1.54, 1.807) is 13.8 Å². The summed E-state index contributed by atoms with van der Waals surface area (Å²) in [5, 5.41) is 2.85. The minimum Gasteiger partial charge on any atom is -0.341 e. The SMILES string of the molecule is CCC(C)C(=O)NC1(C(=O)NS(=O)(=O)C2(C)CC2)CC1C=CCCC(C)C. The first-order valence-electron chi connectivity index (χ1n) is 10.0. The molecule has 0 radical (unpaired) electrons. The van der Waals surface area contributed by atoms with Crippen molar-refractivity contribution in [2.75, 3.05) is 0 Å². The van der Waals surface area contributed by atoms with Crippen molar-refractivity contribution in [1.29, 1.82) is 0 Å². The van der Waals surface area contributed by atoms with E-state index >= 15 is 0 Å². The van der Waals surface area contributed by atoms with Gasteiger partial charge < -0.3 is 5.32 Å². The average Bonchev–Trinajstić information content (AvgIpc) is 3.48. The van der Waals surface area contributed by atoms with Crippen molar-refractivity contribution in [3.05, 3.63) is 12.2 Å². The first kappa shape index (κ1) is 21.9. The Labute approximate surface area is 163 Å². The van der Waals surface area contributed by atoms with Gasteiger partial charge in [0.05, 0.1) is 4.75 Å². The lowest BCUT2D eigenvalue weighted by Crippen LogP contribution is -2.54. The van der Waals surface area contributed by atoms with E-state index in [0.717, 1.165) is 12.8 Å². The van der Waals surface area contributed by atoms with Gasteiger partial charge in [-0.15, -0.1) is 0 Å². The molecule has 0 aromatic carbocycles. The van der Waals surface area contributed by atoms with E-state index in [-0.39, 0.29) is 17.7 Å². The van der Waals surface area contributed by atoms with Crippen LogP contribution in [0.5, 0.6) is 0 Å². The third-order valence-corrected chi connectivity index (χ3v) is 8.10. The molecule has 0 spiro atoms. The first-order chi connectivity index (χ1) is 12.5. The molecule has 0 bridgehead atoms. The molecule has 3 atom stereocenters. The lowest BCUT2D eigenvalue weighted by molar-refractivity contribution is -0.131. The maximum Gasteiger partial charge on any atom is 0.259 e. The number of carbonyl (C=O) groups excluding carboxylic acids is 2. The fourth-order valence-electron chi connectivity index (χ4n) is 2.98. The molecule has 0 aromatic heterocycles. The molecule has 2 fully saturated rings. The maximum absolute atomic E-state index is 12.9. The highest BCUT2D eigenvalue weighted by Gasteiger charge is 2.62. The predicted octanol–water partition coefficient (Wildman–Crippen LogP) is 2.90. The standard InChI is InChI=1S/C20H34N2O4S/c1-6-15(4)17(23)21-20(13-16(20)10-8-7-9-14(2)3)18(24)22-27(25,26)19(5)11-12-19/h8,10,14-16H,6-7,9,11-13H2,1-5H3,(H,21,23)(H,22,24). The molecule has 0 heterocycles. The lowest BCUT2D eigenvalue weighted by Gasteiger charge is -2.22. The molecule has 0 aliphatic heterocycles. The average molecular weight is 399 g/mol. The predicted molar refractivity (Wildman–Crippen MR) is 106 cm³/mol. The Morgan fingerprint density at radius 2 is 1.85 bits per heavy atom. The zero-order chi connectivity index (χ0) is 20.5. The van der Waals surface area contributed by atoms with Gasteiger partial charge in [0.1, 0.15) is 5.54 Å². The number of amides is 2. The summed E-state index contributed by atoms with van der Waals surface area (Å²) in [6.45, 7) is 9.66. The molecule has 2 aliphatic carbocycles. The minimum absolute atomic E-state index is 0.167. The lowest BCUT2D eigenvalue weighted by atomic mass is 10.1. The van der Waals surface area contributed by atoms with E-state index in [9.17, 15) is 18.0 Å². The Hall–Kier alpha value is -1.37. The van der Waals surface area contributed by atoms with E-state index in [1.165, 1.54) is 0 Å². The van der Waals surface area contributed by atoms with Crippen LogP contribution in [0.1, 0.15) is 73.1 Å². The van der Waals surface area contributed by atoms with Gasteiger partial charge in [0.2, 0.25) is 15.9 Å². The molecule has 3 unspecified atom stereocenters. The third kappa shape index (κ3) is 4.92. The monoisotopic (exact) mass is 398 g/mol. The number of hydrogen-bond acceptors (Lipinski definition) is 4. The van der Waals surface area contributed by atoms with Crippen molar-refractivity contribution in [2.24, 2.45) is 17.8 Å². The largest absolute Gasteiger partial charge is 0.341 e. The summed E-state index contributed by atoms with van der Waals surface area (Å²) >= 11 is 0. The van der Waals surface area contributed by atoms with Crippen LogP contribution in [0, 0.1) is 17.8 Å². The summed E-state index contributed by atoms with van der Waals surface area (Å²) in [6, 6.07) is 0. The number of nitrogens with one attached hydrogen (secondary N) is 2. The molecule has 154 valence electrons.